The van der Waals surface area contributed by atoms with Crippen LogP contribution in [0, 0.1) is 22.7 Å². The fraction of sp³-hybridized carbons (Fsp3) is 0.654. The molecule has 1 aromatic carbocycles. The molecule has 5 heteroatoms. The summed E-state index contributed by atoms with van der Waals surface area (Å²) in [5, 5.41) is 8.39. The molecular formula is C26H41N3O2. The number of likely N-dealkylation sites (tertiary alicyclic amines) is 2. The molecule has 0 aliphatic carbocycles. The maximum absolute atomic E-state index is 10.5. The molecule has 2 fully saturated rings. The van der Waals surface area contributed by atoms with E-state index in [1.807, 2.05) is 36.4 Å². The standard InChI is InChI=1S/C14H27NO.C6H8N2O.C6H6/c1-12-7-8-13(15(12)4)6-5-9-14(2,3)10-11-16;7-3-6-1-2-8(4-6)5-9;1-2-4-6-5-3-1/h11-13H,5-10H2,1-4H3;5-6H,1-2,4H2;1-6H/t12-,13+;;/m1../s1. The van der Waals surface area contributed by atoms with Gasteiger partial charge < -0.3 is 14.6 Å². The van der Waals surface area contributed by atoms with E-state index in [1.165, 1.54) is 32.1 Å². The SMILES string of the molecule is C[C@@H]1CC[C@H](CCCC(C)(C)CC=O)N1C.N#CC1CCN(C=O)C1.c1ccccc1. The van der Waals surface area contributed by atoms with Crippen LogP contribution in [0.15, 0.2) is 36.4 Å². The molecule has 5 nitrogen and oxygen atoms in total. The molecule has 1 aromatic rings. The third kappa shape index (κ3) is 11.1. The monoisotopic (exact) mass is 427 g/mol. The predicted octanol–water partition coefficient (Wildman–Crippen LogP) is 4.93. The lowest BCUT2D eigenvalue weighted by atomic mass is 9.84. The van der Waals surface area contributed by atoms with E-state index in [0.717, 1.165) is 37.7 Å². The molecular weight excluding hydrogens is 386 g/mol. The van der Waals surface area contributed by atoms with E-state index in [4.69, 9.17) is 5.26 Å². The first-order chi connectivity index (χ1) is 14.8. The van der Waals surface area contributed by atoms with Gasteiger partial charge in [-0.15, -0.1) is 0 Å². The van der Waals surface area contributed by atoms with Gasteiger partial charge in [0.25, 0.3) is 0 Å². The van der Waals surface area contributed by atoms with Crippen molar-refractivity contribution in [2.24, 2.45) is 11.3 Å². The summed E-state index contributed by atoms with van der Waals surface area (Å²) in [4.78, 5) is 24.8. The summed E-state index contributed by atoms with van der Waals surface area (Å²) in [6.07, 6.45) is 9.82. The minimum Gasteiger partial charge on any atom is -0.344 e. The lowest BCUT2D eigenvalue weighted by molar-refractivity contribution is -0.117. The van der Waals surface area contributed by atoms with Crippen LogP contribution in [0.2, 0.25) is 0 Å². The van der Waals surface area contributed by atoms with Crippen LogP contribution in [0.5, 0.6) is 0 Å². The van der Waals surface area contributed by atoms with Crippen LogP contribution in [0.1, 0.15) is 65.7 Å². The molecule has 3 rings (SSSR count). The first kappa shape index (κ1) is 26.8. The van der Waals surface area contributed by atoms with Gasteiger partial charge in [0.2, 0.25) is 6.41 Å². The topological polar surface area (TPSA) is 64.4 Å². The summed E-state index contributed by atoms with van der Waals surface area (Å²) in [6, 6.07) is 15.7. The molecule has 2 saturated heterocycles. The minimum absolute atomic E-state index is 0.0789. The van der Waals surface area contributed by atoms with Crippen molar-refractivity contribution in [3.05, 3.63) is 36.4 Å². The Morgan fingerprint density at radius 1 is 1.06 bits per heavy atom. The number of hydrogen-bond acceptors (Lipinski definition) is 4. The van der Waals surface area contributed by atoms with Crippen LogP contribution in [-0.2, 0) is 9.59 Å². The zero-order chi connectivity index (χ0) is 23.1. The van der Waals surface area contributed by atoms with Gasteiger partial charge in [0.05, 0.1) is 12.0 Å². The van der Waals surface area contributed by atoms with E-state index in [0.29, 0.717) is 13.0 Å². The third-order valence-corrected chi connectivity index (χ3v) is 6.43. The van der Waals surface area contributed by atoms with Gasteiger partial charge in [0.1, 0.15) is 6.29 Å². The number of amides is 1. The number of carbonyl (C=O) groups is 2. The molecule has 3 atom stereocenters. The van der Waals surface area contributed by atoms with E-state index in [2.05, 4.69) is 38.8 Å². The lowest BCUT2D eigenvalue weighted by Crippen LogP contribution is -2.30. The highest BCUT2D eigenvalue weighted by Gasteiger charge is 2.27. The van der Waals surface area contributed by atoms with Crippen LogP contribution in [-0.4, -0.2) is 54.7 Å². The number of hydrogen-bond donors (Lipinski definition) is 0. The molecule has 2 aliphatic rings. The molecule has 0 spiro atoms. The van der Waals surface area contributed by atoms with Crippen LogP contribution >= 0.6 is 0 Å². The zero-order valence-corrected chi connectivity index (χ0v) is 19.9. The van der Waals surface area contributed by atoms with Crippen molar-refractivity contribution in [1.29, 1.82) is 5.26 Å². The van der Waals surface area contributed by atoms with E-state index in [1.54, 1.807) is 4.90 Å². The number of carbonyl (C=O) groups excluding carboxylic acids is 2. The third-order valence-electron chi connectivity index (χ3n) is 6.43. The average Bonchev–Trinajstić information content (AvgIpc) is 3.37. The Labute approximate surface area is 189 Å². The highest BCUT2D eigenvalue weighted by Crippen LogP contribution is 2.30. The van der Waals surface area contributed by atoms with Gasteiger partial charge in [0, 0.05) is 31.6 Å². The van der Waals surface area contributed by atoms with Crippen LogP contribution in [0.4, 0.5) is 0 Å². The molecule has 1 unspecified atom stereocenters. The van der Waals surface area contributed by atoms with Gasteiger partial charge in [-0.2, -0.15) is 5.26 Å². The summed E-state index contributed by atoms with van der Waals surface area (Å²) < 4.78 is 0. The second kappa shape index (κ2) is 14.8. The number of benzene rings is 1. The fourth-order valence-corrected chi connectivity index (χ4v) is 4.07. The van der Waals surface area contributed by atoms with Crippen molar-refractivity contribution in [2.45, 2.75) is 77.8 Å². The van der Waals surface area contributed by atoms with Gasteiger partial charge in [-0.3, -0.25) is 4.79 Å². The smallest absolute Gasteiger partial charge is 0.209 e. The van der Waals surface area contributed by atoms with Crippen LogP contribution in [0.25, 0.3) is 0 Å². The Kier molecular flexibility index (Phi) is 12.8. The molecule has 0 bridgehead atoms. The summed E-state index contributed by atoms with van der Waals surface area (Å²) in [7, 11) is 2.25. The lowest BCUT2D eigenvalue weighted by Gasteiger charge is -2.26. The van der Waals surface area contributed by atoms with Gasteiger partial charge in [0.15, 0.2) is 0 Å². The second-order valence-electron chi connectivity index (χ2n) is 9.54. The van der Waals surface area contributed by atoms with E-state index in [9.17, 15) is 9.59 Å². The molecule has 0 N–H and O–H groups in total. The molecule has 0 aromatic heterocycles. The summed E-state index contributed by atoms with van der Waals surface area (Å²) >= 11 is 0. The fourth-order valence-electron chi connectivity index (χ4n) is 4.07. The Hall–Kier alpha value is -2.19. The first-order valence-corrected chi connectivity index (χ1v) is 11.6. The summed E-state index contributed by atoms with van der Waals surface area (Å²) in [5.41, 5.74) is 0.199. The molecule has 0 saturated carbocycles. The maximum atomic E-state index is 10.5. The first-order valence-electron chi connectivity index (χ1n) is 11.6. The average molecular weight is 428 g/mol. The van der Waals surface area contributed by atoms with Crippen molar-refractivity contribution in [3.8, 4) is 6.07 Å². The van der Waals surface area contributed by atoms with Crippen LogP contribution in [0.3, 0.4) is 0 Å². The Morgan fingerprint density at radius 3 is 2.06 bits per heavy atom. The number of nitrogens with zero attached hydrogens (tertiary/aromatic N) is 3. The van der Waals surface area contributed by atoms with Crippen LogP contribution < -0.4 is 0 Å². The van der Waals surface area contributed by atoms with Crippen molar-refractivity contribution >= 4 is 12.7 Å². The molecule has 2 aliphatic heterocycles. The molecule has 2 heterocycles. The highest BCUT2D eigenvalue weighted by atomic mass is 16.1. The van der Waals surface area contributed by atoms with E-state index < -0.39 is 0 Å². The van der Waals surface area contributed by atoms with Gasteiger partial charge in [-0.25, -0.2) is 0 Å². The maximum Gasteiger partial charge on any atom is 0.209 e. The molecule has 31 heavy (non-hydrogen) atoms. The van der Waals surface area contributed by atoms with E-state index >= 15 is 0 Å². The Bertz CT molecular complexity index is 630. The van der Waals surface area contributed by atoms with Crippen molar-refractivity contribution in [3.63, 3.8) is 0 Å². The van der Waals surface area contributed by atoms with E-state index in [-0.39, 0.29) is 11.3 Å². The quantitative estimate of drug-likeness (QED) is 0.579. The minimum atomic E-state index is 0.0789. The Morgan fingerprint density at radius 2 is 1.68 bits per heavy atom. The van der Waals surface area contributed by atoms with Crippen molar-refractivity contribution in [2.75, 3.05) is 20.1 Å². The normalized spacial score (nSPS) is 23.1. The van der Waals surface area contributed by atoms with Crippen molar-refractivity contribution < 1.29 is 9.59 Å². The second-order valence-corrected chi connectivity index (χ2v) is 9.54. The number of aldehydes is 1. The number of rotatable bonds is 7. The summed E-state index contributed by atoms with van der Waals surface area (Å²) in [5.74, 6) is 0.0789. The molecule has 172 valence electrons. The van der Waals surface area contributed by atoms with Gasteiger partial charge in [-0.1, -0.05) is 56.7 Å². The molecule has 0 radical (unpaired) electrons. The number of nitriles is 1. The van der Waals surface area contributed by atoms with Crippen molar-refractivity contribution in [1.82, 2.24) is 9.80 Å². The molecule has 1 amide bonds. The Balaban J connectivity index is 0.000000266. The zero-order valence-electron chi connectivity index (χ0n) is 19.9. The highest BCUT2D eigenvalue weighted by molar-refractivity contribution is 5.50. The summed E-state index contributed by atoms with van der Waals surface area (Å²) in [6.45, 7) is 8.09. The van der Waals surface area contributed by atoms with Gasteiger partial charge in [-0.05, 0) is 51.5 Å². The largest absolute Gasteiger partial charge is 0.344 e. The predicted molar refractivity (Wildman–Crippen MR) is 126 cm³/mol. The van der Waals surface area contributed by atoms with Gasteiger partial charge >= 0.3 is 0 Å².